The molecule has 1 atom stereocenters. The zero-order valence-electron chi connectivity index (χ0n) is 13.9. The summed E-state index contributed by atoms with van der Waals surface area (Å²) in [5.74, 6) is -0.272. The highest BCUT2D eigenvalue weighted by molar-refractivity contribution is 7.18. The van der Waals surface area contributed by atoms with E-state index in [1.807, 2.05) is 48.5 Å². The van der Waals surface area contributed by atoms with Crippen LogP contribution < -0.4 is 5.32 Å². The van der Waals surface area contributed by atoms with Crippen molar-refractivity contribution >= 4 is 34.6 Å². The number of hydrogen-bond acceptors (Lipinski definition) is 4. The van der Waals surface area contributed by atoms with Crippen LogP contribution >= 0.6 is 22.9 Å². The smallest absolute Gasteiger partial charge is 0.221 e. The second-order valence-electron chi connectivity index (χ2n) is 5.69. The molecule has 3 aromatic rings. The summed E-state index contributed by atoms with van der Waals surface area (Å²) in [4.78, 5) is 29.5. The maximum atomic E-state index is 12.4. The van der Waals surface area contributed by atoms with E-state index in [4.69, 9.17) is 11.6 Å². The lowest BCUT2D eigenvalue weighted by Crippen LogP contribution is -2.30. The molecule has 0 fully saturated rings. The number of halogens is 1. The van der Waals surface area contributed by atoms with Gasteiger partial charge in [0.15, 0.2) is 5.78 Å². The lowest BCUT2D eigenvalue weighted by Gasteiger charge is -2.18. The van der Waals surface area contributed by atoms with Crippen molar-refractivity contribution in [2.24, 2.45) is 0 Å². The summed E-state index contributed by atoms with van der Waals surface area (Å²) in [5, 5.41) is 2.99. The van der Waals surface area contributed by atoms with Gasteiger partial charge in [0, 0.05) is 19.0 Å². The van der Waals surface area contributed by atoms with Crippen LogP contribution in [-0.2, 0) is 4.79 Å². The van der Waals surface area contributed by atoms with E-state index in [2.05, 4.69) is 10.3 Å². The van der Waals surface area contributed by atoms with Gasteiger partial charge in [-0.3, -0.25) is 14.6 Å². The van der Waals surface area contributed by atoms with Gasteiger partial charge in [0.2, 0.25) is 5.91 Å². The molecule has 0 spiro atoms. The van der Waals surface area contributed by atoms with E-state index in [0.717, 1.165) is 11.3 Å². The minimum atomic E-state index is -0.351. The zero-order valence-corrected chi connectivity index (χ0v) is 15.5. The molecule has 0 saturated heterocycles. The summed E-state index contributed by atoms with van der Waals surface area (Å²) in [6, 6.07) is 18.3. The molecule has 1 N–H and O–H groups in total. The molecule has 26 heavy (non-hydrogen) atoms. The summed E-state index contributed by atoms with van der Waals surface area (Å²) >= 11 is 7.08. The zero-order chi connectivity index (χ0) is 18.4. The van der Waals surface area contributed by atoms with E-state index in [-0.39, 0.29) is 30.6 Å². The van der Waals surface area contributed by atoms with Gasteiger partial charge < -0.3 is 5.32 Å². The molecular weight excluding hydrogens is 368 g/mol. The van der Waals surface area contributed by atoms with E-state index >= 15 is 0 Å². The van der Waals surface area contributed by atoms with E-state index < -0.39 is 0 Å². The first-order valence-corrected chi connectivity index (χ1v) is 9.36. The van der Waals surface area contributed by atoms with Crippen LogP contribution in [0.15, 0.2) is 66.9 Å². The van der Waals surface area contributed by atoms with Gasteiger partial charge in [-0.2, -0.15) is 0 Å². The third-order valence-corrected chi connectivity index (χ3v) is 5.12. The fourth-order valence-electron chi connectivity index (χ4n) is 2.57. The Morgan fingerprint density at radius 1 is 1.00 bits per heavy atom. The normalized spacial score (nSPS) is 11.7. The summed E-state index contributed by atoms with van der Waals surface area (Å²) in [6.07, 6.45) is 1.96. The third-order valence-electron chi connectivity index (χ3n) is 3.85. The largest absolute Gasteiger partial charge is 0.344 e. The number of carbonyl (C=O) groups excluding carboxylic acids is 2. The number of pyridine rings is 1. The van der Waals surface area contributed by atoms with Crippen LogP contribution in [0.4, 0.5) is 0 Å². The van der Waals surface area contributed by atoms with Crippen LogP contribution in [0.1, 0.15) is 39.8 Å². The fraction of sp³-hybridized carbons (Fsp3) is 0.150. The van der Waals surface area contributed by atoms with Gasteiger partial charge in [0.1, 0.15) is 0 Å². The second kappa shape index (κ2) is 8.74. The van der Waals surface area contributed by atoms with Crippen LogP contribution in [0.5, 0.6) is 0 Å². The molecule has 132 valence electrons. The average molecular weight is 385 g/mol. The van der Waals surface area contributed by atoms with E-state index in [0.29, 0.717) is 9.21 Å². The monoisotopic (exact) mass is 384 g/mol. The van der Waals surface area contributed by atoms with Crippen molar-refractivity contribution in [1.29, 1.82) is 0 Å². The molecule has 1 amide bonds. The number of hydrogen-bond donors (Lipinski definition) is 1. The molecule has 0 saturated carbocycles. The first-order chi connectivity index (χ1) is 12.6. The molecule has 0 bridgehead atoms. The Balaban J connectivity index is 1.67. The van der Waals surface area contributed by atoms with Crippen LogP contribution in [0.25, 0.3) is 0 Å². The van der Waals surface area contributed by atoms with E-state index in [9.17, 15) is 9.59 Å². The minimum Gasteiger partial charge on any atom is -0.344 e. The molecule has 0 aliphatic rings. The van der Waals surface area contributed by atoms with Crippen LogP contribution in [-0.4, -0.2) is 16.7 Å². The van der Waals surface area contributed by atoms with Crippen molar-refractivity contribution in [3.8, 4) is 0 Å². The summed E-state index contributed by atoms with van der Waals surface area (Å²) in [5.41, 5.74) is 1.69. The maximum Gasteiger partial charge on any atom is 0.221 e. The highest BCUT2D eigenvalue weighted by Gasteiger charge is 2.19. The number of ketones is 1. The van der Waals surface area contributed by atoms with Crippen LogP contribution in [0.2, 0.25) is 4.34 Å². The number of nitrogens with one attached hydrogen (secondary N) is 1. The van der Waals surface area contributed by atoms with Gasteiger partial charge in [-0.15, -0.1) is 11.3 Å². The van der Waals surface area contributed by atoms with Gasteiger partial charge >= 0.3 is 0 Å². The molecule has 0 aliphatic carbocycles. The van der Waals surface area contributed by atoms with Crippen molar-refractivity contribution < 1.29 is 9.59 Å². The highest BCUT2D eigenvalue weighted by atomic mass is 35.5. The van der Waals surface area contributed by atoms with Crippen LogP contribution in [0.3, 0.4) is 0 Å². The molecule has 0 aliphatic heterocycles. The molecule has 3 rings (SSSR count). The summed E-state index contributed by atoms with van der Waals surface area (Å²) in [7, 11) is 0. The summed E-state index contributed by atoms with van der Waals surface area (Å²) < 4.78 is 0.567. The Morgan fingerprint density at radius 2 is 1.77 bits per heavy atom. The Morgan fingerprint density at radius 3 is 2.42 bits per heavy atom. The number of benzene rings is 1. The standard InChI is InChI=1S/C20H17ClN2O2S/c21-18-11-10-17(26-18)16(24)9-12-19(25)23-20(14-6-2-1-3-7-14)15-8-4-5-13-22-15/h1-8,10-11,13,20H,9,12H2,(H,23,25). The topological polar surface area (TPSA) is 59.1 Å². The van der Waals surface area contributed by atoms with Gasteiger partial charge in [-0.1, -0.05) is 48.0 Å². The van der Waals surface area contributed by atoms with Crippen molar-refractivity contribution in [3.63, 3.8) is 0 Å². The van der Waals surface area contributed by atoms with Gasteiger partial charge in [-0.05, 0) is 29.8 Å². The molecule has 1 unspecified atom stereocenters. The molecule has 6 heteroatoms. The third kappa shape index (κ3) is 4.77. The number of aromatic nitrogens is 1. The number of rotatable bonds is 7. The first-order valence-electron chi connectivity index (χ1n) is 8.17. The molecule has 2 heterocycles. The Kier molecular flexibility index (Phi) is 6.15. The predicted octanol–water partition coefficient (Wildman–Crippen LogP) is 4.67. The van der Waals surface area contributed by atoms with Gasteiger partial charge in [0.05, 0.1) is 20.9 Å². The number of Topliss-reactive ketones (excluding diaryl/α,β-unsaturated/α-hetero) is 1. The van der Waals surface area contributed by atoms with E-state index in [1.165, 1.54) is 11.3 Å². The van der Waals surface area contributed by atoms with Crippen molar-refractivity contribution in [1.82, 2.24) is 10.3 Å². The SMILES string of the molecule is O=C(CCC(=O)c1ccc(Cl)s1)NC(c1ccccc1)c1ccccn1. The highest BCUT2D eigenvalue weighted by Crippen LogP contribution is 2.23. The molecule has 1 aromatic carbocycles. The number of carbonyl (C=O) groups is 2. The van der Waals surface area contributed by atoms with Crippen molar-refractivity contribution in [2.75, 3.05) is 0 Å². The number of thiophene rings is 1. The number of amides is 1. The molecular formula is C20H17ClN2O2S. The molecule has 4 nitrogen and oxygen atoms in total. The minimum absolute atomic E-state index is 0.0776. The quantitative estimate of drug-likeness (QED) is 0.602. The molecule has 2 aromatic heterocycles. The van der Waals surface area contributed by atoms with E-state index in [1.54, 1.807) is 18.3 Å². The molecule has 0 radical (unpaired) electrons. The number of nitrogens with zero attached hydrogens (tertiary/aromatic N) is 1. The Labute approximate surface area is 160 Å². The lowest BCUT2D eigenvalue weighted by atomic mass is 10.0. The predicted molar refractivity (Wildman–Crippen MR) is 104 cm³/mol. The van der Waals surface area contributed by atoms with Crippen molar-refractivity contribution in [3.05, 3.63) is 87.3 Å². The first kappa shape index (κ1) is 18.3. The second-order valence-corrected chi connectivity index (χ2v) is 7.41. The maximum absolute atomic E-state index is 12.4. The average Bonchev–Trinajstić information content (AvgIpc) is 3.12. The van der Waals surface area contributed by atoms with Crippen molar-refractivity contribution in [2.45, 2.75) is 18.9 Å². The fourth-order valence-corrected chi connectivity index (χ4v) is 3.58. The lowest BCUT2D eigenvalue weighted by molar-refractivity contribution is -0.121. The summed E-state index contributed by atoms with van der Waals surface area (Å²) in [6.45, 7) is 0. The Hall–Kier alpha value is -2.50. The Bertz CT molecular complexity index is 842. The van der Waals surface area contributed by atoms with Gasteiger partial charge in [-0.25, -0.2) is 0 Å². The van der Waals surface area contributed by atoms with Gasteiger partial charge in [0.25, 0.3) is 0 Å². The van der Waals surface area contributed by atoms with Crippen LogP contribution in [0, 0.1) is 0 Å².